The molecule has 0 aliphatic heterocycles. The standard InChI is InChI=1S/C17H15NOS.C8H13NO/c1-11-3-6-14(7-4-11)18-17(19)16-10-13-9-12(2)5-8-15(13)20-16;1-6-5-7(10-9-6)8(2,3)4/h3-10H,1-2H3,(H,18,19);5H,1-4H3. The number of benzene rings is 2. The highest BCUT2D eigenvalue weighted by Crippen LogP contribution is 2.27. The van der Waals surface area contributed by atoms with Crippen LogP contribution in [0.5, 0.6) is 0 Å². The molecular formula is C25H28N2O2S. The van der Waals surface area contributed by atoms with E-state index in [4.69, 9.17) is 4.52 Å². The predicted octanol–water partition coefficient (Wildman–Crippen LogP) is 7.05. The fourth-order valence-corrected chi connectivity index (χ4v) is 3.76. The molecule has 0 fully saturated rings. The zero-order valence-corrected chi connectivity index (χ0v) is 19.2. The van der Waals surface area contributed by atoms with Crippen LogP contribution < -0.4 is 5.32 Å². The van der Waals surface area contributed by atoms with Crippen LogP contribution in [0.15, 0.2) is 59.1 Å². The zero-order chi connectivity index (χ0) is 21.9. The molecule has 0 atom stereocenters. The number of carbonyl (C=O) groups is 1. The summed E-state index contributed by atoms with van der Waals surface area (Å²) < 4.78 is 6.22. The van der Waals surface area contributed by atoms with E-state index >= 15 is 0 Å². The molecule has 4 rings (SSSR count). The van der Waals surface area contributed by atoms with Gasteiger partial charge >= 0.3 is 0 Å². The molecule has 1 N–H and O–H groups in total. The van der Waals surface area contributed by atoms with Crippen LogP contribution in [0.3, 0.4) is 0 Å². The Morgan fingerprint density at radius 1 is 0.933 bits per heavy atom. The molecule has 4 nitrogen and oxygen atoms in total. The Kier molecular flexibility index (Phi) is 6.42. The first kappa shape index (κ1) is 21.8. The molecule has 2 aromatic heterocycles. The van der Waals surface area contributed by atoms with Crippen LogP contribution in [0.25, 0.3) is 10.1 Å². The van der Waals surface area contributed by atoms with E-state index in [0.29, 0.717) is 0 Å². The van der Waals surface area contributed by atoms with Gasteiger partial charge in [-0.2, -0.15) is 0 Å². The minimum Gasteiger partial charge on any atom is -0.361 e. The molecule has 4 aromatic rings. The van der Waals surface area contributed by atoms with Crippen molar-refractivity contribution < 1.29 is 9.32 Å². The van der Waals surface area contributed by atoms with Gasteiger partial charge in [0.05, 0.1) is 10.6 Å². The summed E-state index contributed by atoms with van der Waals surface area (Å²) in [5, 5.41) is 7.87. The molecule has 156 valence electrons. The van der Waals surface area contributed by atoms with Crippen molar-refractivity contribution in [3.05, 3.63) is 82.1 Å². The molecule has 0 saturated carbocycles. The number of nitrogens with zero attached hydrogens (tertiary/aromatic N) is 1. The average Bonchev–Trinajstić information content (AvgIpc) is 3.30. The first-order chi connectivity index (χ1) is 14.1. The molecule has 5 heteroatoms. The Hall–Kier alpha value is -2.92. The fourth-order valence-electron chi connectivity index (χ4n) is 2.82. The van der Waals surface area contributed by atoms with Crippen LogP contribution in [0.1, 0.15) is 53.0 Å². The molecule has 0 spiro atoms. The van der Waals surface area contributed by atoms with Gasteiger partial charge in [-0.25, -0.2) is 0 Å². The second-order valence-corrected chi connectivity index (χ2v) is 9.64. The van der Waals surface area contributed by atoms with Crippen molar-refractivity contribution >= 4 is 33.0 Å². The highest BCUT2D eigenvalue weighted by molar-refractivity contribution is 7.20. The number of fused-ring (bicyclic) bond motifs is 1. The molecule has 0 saturated heterocycles. The lowest BCUT2D eigenvalue weighted by atomic mass is 9.93. The molecule has 0 unspecified atom stereocenters. The predicted molar refractivity (Wildman–Crippen MR) is 126 cm³/mol. The van der Waals surface area contributed by atoms with E-state index in [-0.39, 0.29) is 11.3 Å². The van der Waals surface area contributed by atoms with Crippen molar-refractivity contribution in [3.63, 3.8) is 0 Å². The van der Waals surface area contributed by atoms with Gasteiger partial charge in [0, 0.05) is 21.9 Å². The molecule has 0 aliphatic carbocycles. The average molecular weight is 421 g/mol. The molecular weight excluding hydrogens is 392 g/mol. The summed E-state index contributed by atoms with van der Waals surface area (Å²) in [6.07, 6.45) is 0. The lowest BCUT2D eigenvalue weighted by Gasteiger charge is -2.11. The quantitative estimate of drug-likeness (QED) is 0.378. The lowest BCUT2D eigenvalue weighted by molar-refractivity contribution is 0.103. The Bertz CT molecular complexity index is 1150. The van der Waals surface area contributed by atoms with Crippen molar-refractivity contribution in [3.8, 4) is 0 Å². The van der Waals surface area contributed by atoms with Crippen molar-refractivity contribution in [2.75, 3.05) is 5.32 Å². The van der Waals surface area contributed by atoms with Gasteiger partial charge < -0.3 is 9.84 Å². The van der Waals surface area contributed by atoms with Gasteiger partial charge in [0.15, 0.2) is 0 Å². The highest BCUT2D eigenvalue weighted by Gasteiger charge is 2.18. The molecule has 0 bridgehead atoms. The van der Waals surface area contributed by atoms with Gasteiger partial charge in [0.25, 0.3) is 5.91 Å². The van der Waals surface area contributed by atoms with Crippen molar-refractivity contribution in [1.82, 2.24) is 5.16 Å². The summed E-state index contributed by atoms with van der Waals surface area (Å²) in [6, 6.07) is 18.0. The van der Waals surface area contributed by atoms with Gasteiger partial charge in [-0.3, -0.25) is 4.79 Å². The maximum Gasteiger partial charge on any atom is 0.265 e. The van der Waals surface area contributed by atoms with Crippen LogP contribution in [-0.4, -0.2) is 11.1 Å². The van der Waals surface area contributed by atoms with Gasteiger partial charge in [-0.05, 0) is 50.4 Å². The fraction of sp³-hybridized carbons (Fsp3) is 0.280. The van der Waals surface area contributed by atoms with E-state index in [1.807, 2.05) is 50.2 Å². The Morgan fingerprint density at radius 2 is 1.60 bits per heavy atom. The molecule has 2 aromatic carbocycles. The van der Waals surface area contributed by atoms with Crippen LogP contribution in [0.4, 0.5) is 5.69 Å². The topological polar surface area (TPSA) is 55.1 Å². The number of carbonyl (C=O) groups excluding carboxylic acids is 1. The highest BCUT2D eigenvalue weighted by atomic mass is 32.1. The van der Waals surface area contributed by atoms with Crippen molar-refractivity contribution in [2.45, 2.75) is 47.0 Å². The lowest BCUT2D eigenvalue weighted by Crippen LogP contribution is -2.09. The van der Waals surface area contributed by atoms with E-state index in [2.05, 4.69) is 56.4 Å². The summed E-state index contributed by atoms with van der Waals surface area (Å²) in [5.41, 5.74) is 4.25. The van der Waals surface area contributed by atoms with E-state index in [1.165, 1.54) is 22.5 Å². The summed E-state index contributed by atoms with van der Waals surface area (Å²) in [6.45, 7) is 12.3. The Balaban J connectivity index is 0.000000216. The van der Waals surface area contributed by atoms with E-state index in [9.17, 15) is 4.79 Å². The summed E-state index contributed by atoms with van der Waals surface area (Å²) in [7, 11) is 0. The third kappa shape index (κ3) is 5.57. The third-order valence-corrected chi connectivity index (χ3v) is 5.69. The number of rotatable bonds is 2. The molecule has 0 radical (unpaired) electrons. The smallest absolute Gasteiger partial charge is 0.265 e. The Morgan fingerprint density at radius 3 is 2.17 bits per heavy atom. The number of amides is 1. The Labute approximate surface area is 181 Å². The third-order valence-electron chi connectivity index (χ3n) is 4.57. The molecule has 0 aliphatic rings. The number of hydrogen-bond donors (Lipinski definition) is 1. The summed E-state index contributed by atoms with van der Waals surface area (Å²) in [5.74, 6) is 0.901. The summed E-state index contributed by atoms with van der Waals surface area (Å²) >= 11 is 1.52. The number of nitrogens with one attached hydrogen (secondary N) is 1. The van der Waals surface area contributed by atoms with E-state index in [1.54, 1.807) is 0 Å². The SMILES string of the molecule is Cc1cc(C(C)(C)C)on1.Cc1ccc(NC(=O)c2cc3cc(C)ccc3s2)cc1. The minimum atomic E-state index is -0.0484. The van der Waals surface area contributed by atoms with Crippen LogP contribution in [-0.2, 0) is 5.41 Å². The number of aryl methyl sites for hydroxylation is 3. The van der Waals surface area contributed by atoms with Crippen molar-refractivity contribution in [2.24, 2.45) is 0 Å². The van der Waals surface area contributed by atoms with Crippen molar-refractivity contribution in [1.29, 1.82) is 0 Å². The first-order valence-electron chi connectivity index (χ1n) is 9.94. The van der Waals surface area contributed by atoms with Crippen LogP contribution in [0, 0.1) is 20.8 Å². The normalized spacial score (nSPS) is 11.1. The molecule has 30 heavy (non-hydrogen) atoms. The van der Waals surface area contributed by atoms with E-state index < -0.39 is 0 Å². The molecule has 2 heterocycles. The maximum atomic E-state index is 12.3. The number of aromatic nitrogens is 1. The molecule has 1 amide bonds. The summed E-state index contributed by atoms with van der Waals surface area (Å²) in [4.78, 5) is 13.0. The minimum absolute atomic E-state index is 0.0484. The maximum absolute atomic E-state index is 12.3. The van der Waals surface area contributed by atoms with Gasteiger partial charge in [-0.1, -0.05) is 61.3 Å². The van der Waals surface area contributed by atoms with Gasteiger partial charge in [0.2, 0.25) is 0 Å². The first-order valence-corrected chi connectivity index (χ1v) is 10.8. The second kappa shape index (κ2) is 8.84. The number of hydrogen-bond acceptors (Lipinski definition) is 4. The van der Waals surface area contributed by atoms with Crippen LogP contribution in [0.2, 0.25) is 0 Å². The number of thiophene rings is 1. The number of anilines is 1. The second-order valence-electron chi connectivity index (χ2n) is 8.55. The van der Waals surface area contributed by atoms with E-state index in [0.717, 1.165) is 32.1 Å². The van der Waals surface area contributed by atoms with Gasteiger partial charge in [-0.15, -0.1) is 11.3 Å². The zero-order valence-electron chi connectivity index (χ0n) is 18.4. The largest absolute Gasteiger partial charge is 0.361 e. The monoisotopic (exact) mass is 420 g/mol. The van der Waals surface area contributed by atoms with Gasteiger partial charge in [0.1, 0.15) is 5.76 Å². The van der Waals surface area contributed by atoms with Crippen LogP contribution >= 0.6 is 11.3 Å².